The fourth-order valence-corrected chi connectivity index (χ4v) is 14.9. The van der Waals surface area contributed by atoms with Crippen LogP contribution in [0.15, 0.2) is 0 Å². The SMILES string of the molecule is CCCCCCCCCCCCCCCCCCCCCC(=O)O[C@H](COC(=O)CCCCCCCCCCCCCCCCC(C)CC)COP(=O)(O)OC[C@@H](O)COP(=O)(O)OC[C@@H](COC(=O)CCCCCCCCCCCC)OC(=O)CCCCCCCCCCCCCCCCC(C)CC. The predicted octanol–water partition coefficient (Wildman–Crippen LogP) is 26.2. The summed E-state index contributed by atoms with van der Waals surface area (Å²) in [4.78, 5) is 73.2. The highest BCUT2D eigenvalue weighted by atomic mass is 31.2. The number of aliphatic hydroxyl groups excluding tert-OH is 1. The van der Waals surface area contributed by atoms with Crippen LogP contribution in [0.2, 0.25) is 0 Å². The van der Waals surface area contributed by atoms with Crippen molar-refractivity contribution in [3.63, 3.8) is 0 Å². The van der Waals surface area contributed by atoms with Gasteiger partial charge in [0.05, 0.1) is 26.4 Å². The molecule has 0 amide bonds. The number of phosphoric acid groups is 2. The Morgan fingerprint density at radius 3 is 0.676 bits per heavy atom. The molecular formula is C86H168O17P2. The average Bonchev–Trinajstić information content (AvgIpc) is 0.924. The third-order valence-electron chi connectivity index (χ3n) is 20.9. The van der Waals surface area contributed by atoms with Crippen molar-refractivity contribution in [3.05, 3.63) is 0 Å². The van der Waals surface area contributed by atoms with E-state index in [1.165, 1.54) is 276 Å². The minimum absolute atomic E-state index is 0.108. The Hall–Kier alpha value is -1.94. The van der Waals surface area contributed by atoms with Gasteiger partial charge in [-0.25, -0.2) is 9.13 Å². The second kappa shape index (κ2) is 77.4. The van der Waals surface area contributed by atoms with Crippen LogP contribution in [0.1, 0.15) is 459 Å². The number of esters is 4. The molecule has 0 saturated heterocycles. The number of carbonyl (C=O) groups is 4. The lowest BCUT2D eigenvalue weighted by Crippen LogP contribution is -2.30. The molecule has 17 nitrogen and oxygen atoms in total. The Labute approximate surface area is 645 Å². The van der Waals surface area contributed by atoms with Crippen LogP contribution in [-0.4, -0.2) is 96.7 Å². The van der Waals surface area contributed by atoms with Crippen molar-refractivity contribution < 1.29 is 80.2 Å². The molecule has 624 valence electrons. The molecule has 0 rings (SSSR count). The average molecular weight is 1540 g/mol. The topological polar surface area (TPSA) is 237 Å². The molecule has 0 fully saturated rings. The fraction of sp³-hybridized carbons (Fsp3) is 0.953. The lowest BCUT2D eigenvalue weighted by Gasteiger charge is -2.21. The van der Waals surface area contributed by atoms with E-state index in [1.54, 1.807) is 0 Å². The summed E-state index contributed by atoms with van der Waals surface area (Å²) in [5.41, 5.74) is 0. The highest BCUT2D eigenvalue weighted by Gasteiger charge is 2.30. The molecule has 0 spiro atoms. The number of ether oxygens (including phenoxy) is 4. The van der Waals surface area contributed by atoms with Crippen LogP contribution in [0.3, 0.4) is 0 Å². The maximum Gasteiger partial charge on any atom is 0.472 e. The molecule has 0 aliphatic heterocycles. The first-order valence-electron chi connectivity index (χ1n) is 44.6. The van der Waals surface area contributed by atoms with Gasteiger partial charge in [0.25, 0.3) is 0 Å². The lowest BCUT2D eigenvalue weighted by atomic mass is 9.99. The van der Waals surface area contributed by atoms with Crippen molar-refractivity contribution >= 4 is 39.5 Å². The van der Waals surface area contributed by atoms with Gasteiger partial charge in [-0.15, -0.1) is 0 Å². The number of aliphatic hydroxyl groups is 1. The summed E-state index contributed by atoms with van der Waals surface area (Å²) < 4.78 is 68.9. The van der Waals surface area contributed by atoms with Gasteiger partial charge in [0.15, 0.2) is 12.2 Å². The summed E-state index contributed by atoms with van der Waals surface area (Å²) in [5, 5.41) is 10.7. The largest absolute Gasteiger partial charge is 0.472 e. The van der Waals surface area contributed by atoms with E-state index in [0.29, 0.717) is 25.7 Å². The van der Waals surface area contributed by atoms with E-state index in [-0.39, 0.29) is 25.7 Å². The van der Waals surface area contributed by atoms with Crippen molar-refractivity contribution in [3.8, 4) is 0 Å². The Balaban J connectivity index is 5.24. The Kier molecular flexibility index (Phi) is 76.0. The summed E-state index contributed by atoms with van der Waals surface area (Å²) in [6.45, 7) is 9.77. The molecule has 0 aromatic rings. The van der Waals surface area contributed by atoms with Crippen molar-refractivity contribution in [2.45, 2.75) is 477 Å². The van der Waals surface area contributed by atoms with Crippen molar-refractivity contribution in [1.29, 1.82) is 0 Å². The monoisotopic (exact) mass is 1540 g/mol. The molecule has 3 N–H and O–H groups in total. The van der Waals surface area contributed by atoms with E-state index in [4.69, 9.17) is 37.0 Å². The van der Waals surface area contributed by atoms with Crippen molar-refractivity contribution in [2.24, 2.45) is 11.8 Å². The van der Waals surface area contributed by atoms with Gasteiger partial charge in [0, 0.05) is 25.7 Å². The van der Waals surface area contributed by atoms with E-state index < -0.39 is 97.5 Å². The first-order chi connectivity index (χ1) is 50.9. The fourth-order valence-electron chi connectivity index (χ4n) is 13.4. The maximum absolute atomic E-state index is 13.1. The molecular weight excluding hydrogens is 1370 g/mol. The van der Waals surface area contributed by atoms with Gasteiger partial charge in [-0.2, -0.15) is 0 Å². The minimum atomic E-state index is -4.97. The van der Waals surface area contributed by atoms with Crippen molar-refractivity contribution in [2.75, 3.05) is 39.6 Å². The van der Waals surface area contributed by atoms with Crippen LogP contribution in [0.5, 0.6) is 0 Å². The van der Waals surface area contributed by atoms with Crippen LogP contribution in [0.4, 0.5) is 0 Å². The normalized spacial score (nSPS) is 14.3. The first-order valence-corrected chi connectivity index (χ1v) is 47.6. The summed E-state index contributed by atoms with van der Waals surface area (Å²) in [5.74, 6) is -0.405. The van der Waals surface area contributed by atoms with E-state index in [2.05, 4.69) is 41.5 Å². The van der Waals surface area contributed by atoms with Crippen LogP contribution in [-0.2, 0) is 65.4 Å². The molecule has 0 aromatic carbocycles. The van der Waals surface area contributed by atoms with Crippen molar-refractivity contribution in [1.82, 2.24) is 0 Å². The van der Waals surface area contributed by atoms with Gasteiger partial charge in [-0.05, 0) is 37.5 Å². The van der Waals surface area contributed by atoms with E-state index >= 15 is 0 Å². The maximum atomic E-state index is 13.1. The third-order valence-corrected chi connectivity index (χ3v) is 22.8. The third kappa shape index (κ3) is 77.2. The zero-order chi connectivity index (χ0) is 77.1. The molecule has 0 aromatic heterocycles. The second-order valence-electron chi connectivity index (χ2n) is 31.4. The summed E-state index contributed by atoms with van der Waals surface area (Å²) in [6.07, 6.45) is 69.2. The number of rotatable bonds is 85. The van der Waals surface area contributed by atoms with Crippen LogP contribution < -0.4 is 0 Å². The molecule has 0 aliphatic rings. The standard InChI is InChI=1S/C86H168O17P2/c1-7-11-13-15-17-19-21-22-23-24-25-26-27-35-40-46-52-58-64-70-85(90)103-82(75-97-84(89)69-63-57-51-45-39-34-30-28-32-37-42-48-54-60-66-78(5)9-3)77-101-105(94,95)99-73-80(87)72-98-104(92,93)100-76-81(74-96-83(88)68-62-56-50-44-20-18-16-14-12-8-2)102-86(91)71-65-59-53-47-41-36-31-29-33-38-43-49-55-61-67-79(6)10-4/h78-82,87H,7-77H2,1-6H3,(H,92,93)(H,94,95)/t78?,79?,80-,81+,82+/m0/s1. The Morgan fingerprint density at radius 2 is 0.457 bits per heavy atom. The van der Waals surface area contributed by atoms with Gasteiger partial charge in [0.2, 0.25) is 0 Å². The first kappa shape index (κ1) is 103. The lowest BCUT2D eigenvalue weighted by molar-refractivity contribution is -0.161. The van der Waals surface area contributed by atoms with E-state index in [0.717, 1.165) is 102 Å². The minimum Gasteiger partial charge on any atom is -0.462 e. The van der Waals surface area contributed by atoms with Gasteiger partial charge in [-0.3, -0.25) is 37.3 Å². The highest BCUT2D eigenvalue weighted by molar-refractivity contribution is 7.47. The smallest absolute Gasteiger partial charge is 0.462 e. The van der Waals surface area contributed by atoms with E-state index in [9.17, 15) is 43.2 Å². The number of hydrogen-bond donors (Lipinski definition) is 3. The number of carbonyl (C=O) groups excluding carboxylic acids is 4. The molecule has 0 bridgehead atoms. The molecule has 7 atom stereocenters. The number of unbranched alkanes of at least 4 members (excludes halogenated alkanes) is 53. The molecule has 0 heterocycles. The van der Waals surface area contributed by atoms with Gasteiger partial charge < -0.3 is 33.8 Å². The predicted molar refractivity (Wildman–Crippen MR) is 432 cm³/mol. The summed E-state index contributed by atoms with van der Waals surface area (Å²) in [7, 11) is -9.93. The summed E-state index contributed by atoms with van der Waals surface area (Å²) >= 11 is 0. The molecule has 4 unspecified atom stereocenters. The molecule has 0 radical (unpaired) electrons. The summed E-state index contributed by atoms with van der Waals surface area (Å²) in [6, 6.07) is 0. The van der Waals surface area contributed by atoms with Gasteiger partial charge >= 0.3 is 39.5 Å². The van der Waals surface area contributed by atoms with Gasteiger partial charge in [-0.1, -0.05) is 408 Å². The van der Waals surface area contributed by atoms with Gasteiger partial charge in [0.1, 0.15) is 19.3 Å². The quantitative estimate of drug-likeness (QED) is 0.0222. The van der Waals surface area contributed by atoms with Crippen LogP contribution >= 0.6 is 15.6 Å². The zero-order valence-electron chi connectivity index (χ0n) is 69.0. The second-order valence-corrected chi connectivity index (χ2v) is 34.3. The molecule has 105 heavy (non-hydrogen) atoms. The molecule has 19 heteroatoms. The van der Waals surface area contributed by atoms with Crippen LogP contribution in [0.25, 0.3) is 0 Å². The zero-order valence-corrected chi connectivity index (χ0v) is 70.8. The van der Waals surface area contributed by atoms with Crippen LogP contribution in [0, 0.1) is 11.8 Å². The number of phosphoric ester groups is 2. The highest BCUT2D eigenvalue weighted by Crippen LogP contribution is 2.45. The van der Waals surface area contributed by atoms with E-state index in [1.807, 2.05) is 0 Å². The Bertz CT molecular complexity index is 2010. The molecule has 0 saturated carbocycles. The Morgan fingerprint density at radius 1 is 0.267 bits per heavy atom. The number of hydrogen-bond acceptors (Lipinski definition) is 15. The molecule has 0 aliphatic carbocycles.